The van der Waals surface area contributed by atoms with Gasteiger partial charge in [0.2, 0.25) is 5.91 Å². The van der Waals surface area contributed by atoms with Crippen LogP contribution in [0.3, 0.4) is 0 Å². The molecule has 0 aliphatic rings. The highest BCUT2D eigenvalue weighted by Gasteiger charge is 2.21. The smallest absolute Gasteiger partial charge is 0.223 e. The predicted molar refractivity (Wildman–Crippen MR) is 169 cm³/mol. The average molecular weight is 559 g/mol. The maximum atomic E-state index is 12.7. The Morgan fingerprint density at radius 1 is 0.579 bits per heavy atom. The molecule has 5 heteroatoms. The van der Waals surface area contributed by atoms with E-state index in [-0.39, 0.29) is 30.0 Å². The van der Waals surface area contributed by atoms with Crippen molar-refractivity contribution in [2.75, 3.05) is 13.1 Å². The molecule has 1 amide bonds. The van der Waals surface area contributed by atoms with Gasteiger partial charge in [0.15, 0.2) is 0 Å². The van der Waals surface area contributed by atoms with E-state index in [0.29, 0.717) is 19.4 Å². The van der Waals surface area contributed by atoms with Gasteiger partial charge in [0.1, 0.15) is 5.78 Å². The topological polar surface area (TPSA) is 72.2 Å². The van der Waals surface area contributed by atoms with Gasteiger partial charge in [-0.2, -0.15) is 0 Å². The number of hydrogen-bond acceptors (Lipinski definition) is 3. The van der Waals surface area contributed by atoms with Gasteiger partial charge in [-0.25, -0.2) is 0 Å². The monoisotopic (exact) mass is 558 g/mol. The highest BCUT2D eigenvalue weighted by atomic mass is 35.5. The summed E-state index contributed by atoms with van der Waals surface area (Å²) in [7, 11) is 0. The molecule has 0 aliphatic carbocycles. The second-order valence-electron chi connectivity index (χ2n) is 11.5. The molecule has 0 fully saturated rings. The molecule has 0 spiro atoms. The lowest BCUT2D eigenvalue weighted by Gasteiger charge is -2.16. The van der Waals surface area contributed by atoms with Crippen LogP contribution in [0.4, 0.5) is 0 Å². The molecule has 0 aliphatic heterocycles. The Hall–Kier alpha value is -0.610. The largest absolute Gasteiger partial charge is 0.356 e. The van der Waals surface area contributed by atoms with Crippen molar-refractivity contribution in [2.45, 2.75) is 181 Å². The first-order valence-corrected chi connectivity index (χ1v) is 16.6. The zero-order valence-corrected chi connectivity index (χ0v) is 26.5. The normalized spacial score (nSPS) is 11.8. The SMILES string of the molecule is CCCCCCCCCCCCCCCCCC(=O)C[C@@H](CCCCN)C(=O)NCCCCCCCC.Cl. The van der Waals surface area contributed by atoms with Crippen LogP contribution >= 0.6 is 12.4 Å². The van der Waals surface area contributed by atoms with Gasteiger partial charge in [-0.3, -0.25) is 9.59 Å². The fraction of sp³-hybridized carbons (Fsp3) is 0.939. The predicted octanol–water partition coefficient (Wildman–Crippen LogP) is 9.85. The van der Waals surface area contributed by atoms with Gasteiger partial charge in [-0.1, -0.05) is 142 Å². The van der Waals surface area contributed by atoms with E-state index in [1.165, 1.54) is 116 Å². The number of nitrogens with two attached hydrogens (primary N) is 1. The molecule has 0 unspecified atom stereocenters. The third-order valence-corrected chi connectivity index (χ3v) is 7.74. The van der Waals surface area contributed by atoms with Gasteiger partial charge in [0, 0.05) is 25.3 Å². The zero-order chi connectivity index (χ0) is 27.2. The minimum Gasteiger partial charge on any atom is -0.356 e. The third-order valence-electron chi connectivity index (χ3n) is 7.74. The van der Waals surface area contributed by atoms with Gasteiger partial charge in [-0.15, -0.1) is 12.4 Å². The number of hydrogen-bond donors (Lipinski definition) is 2. The van der Waals surface area contributed by atoms with Crippen molar-refractivity contribution >= 4 is 24.1 Å². The summed E-state index contributed by atoms with van der Waals surface area (Å²) < 4.78 is 0. The minimum atomic E-state index is -0.171. The lowest BCUT2D eigenvalue weighted by molar-refractivity contribution is -0.129. The number of Topliss-reactive ketones (excluding diaryl/α,β-unsaturated/α-hetero) is 1. The first-order valence-electron chi connectivity index (χ1n) is 16.6. The number of ketones is 1. The summed E-state index contributed by atoms with van der Waals surface area (Å²) in [6.07, 6.45) is 31.0. The van der Waals surface area contributed by atoms with E-state index < -0.39 is 0 Å². The van der Waals surface area contributed by atoms with Crippen molar-refractivity contribution in [3.05, 3.63) is 0 Å². The van der Waals surface area contributed by atoms with Crippen LogP contribution in [0.15, 0.2) is 0 Å². The van der Waals surface area contributed by atoms with Crippen molar-refractivity contribution in [2.24, 2.45) is 11.7 Å². The molecular formula is C33H67ClN2O2. The van der Waals surface area contributed by atoms with Crippen molar-refractivity contribution < 1.29 is 9.59 Å². The maximum Gasteiger partial charge on any atom is 0.223 e. The maximum absolute atomic E-state index is 12.7. The van der Waals surface area contributed by atoms with E-state index in [0.717, 1.165) is 45.1 Å². The molecule has 3 N–H and O–H groups in total. The lowest BCUT2D eigenvalue weighted by Crippen LogP contribution is -2.33. The number of carbonyl (C=O) groups is 2. The lowest BCUT2D eigenvalue weighted by atomic mass is 9.93. The van der Waals surface area contributed by atoms with Crippen LogP contribution in [0, 0.1) is 5.92 Å². The fourth-order valence-electron chi connectivity index (χ4n) is 5.19. The van der Waals surface area contributed by atoms with E-state index in [4.69, 9.17) is 5.73 Å². The Balaban J connectivity index is 0. The minimum absolute atomic E-state index is 0. The Morgan fingerprint density at radius 3 is 1.45 bits per heavy atom. The molecule has 0 radical (unpaired) electrons. The number of amides is 1. The van der Waals surface area contributed by atoms with Gasteiger partial charge in [0.25, 0.3) is 0 Å². The van der Waals surface area contributed by atoms with Crippen LogP contribution in [0.1, 0.15) is 181 Å². The van der Waals surface area contributed by atoms with Crippen LogP contribution in [0.2, 0.25) is 0 Å². The standard InChI is InChI=1S/C33H66N2O2.ClH/c1-3-5-7-9-11-12-13-14-15-16-17-18-19-20-22-27-32(36)30-31(26-23-24-28-34)33(37)35-29-25-21-10-8-6-4-2;/h31H,3-30,34H2,1-2H3,(H,35,37);1H/t31-;/m1./s1. The second-order valence-corrected chi connectivity index (χ2v) is 11.5. The summed E-state index contributed by atoms with van der Waals surface area (Å²) in [4.78, 5) is 25.3. The highest BCUT2D eigenvalue weighted by Crippen LogP contribution is 2.18. The quantitative estimate of drug-likeness (QED) is 0.0861. The first kappa shape index (κ1) is 39.5. The Kier molecular flexibility index (Phi) is 33.9. The molecule has 0 aromatic heterocycles. The average Bonchev–Trinajstić information content (AvgIpc) is 2.89. The molecule has 0 aromatic carbocycles. The molecule has 4 nitrogen and oxygen atoms in total. The van der Waals surface area contributed by atoms with Gasteiger partial charge < -0.3 is 11.1 Å². The van der Waals surface area contributed by atoms with Crippen molar-refractivity contribution in [1.29, 1.82) is 0 Å². The first-order chi connectivity index (χ1) is 18.2. The summed E-state index contributed by atoms with van der Waals surface area (Å²) in [5.74, 6) is 0.174. The molecule has 0 heterocycles. The summed E-state index contributed by atoms with van der Waals surface area (Å²) in [5, 5.41) is 3.11. The van der Waals surface area contributed by atoms with Crippen molar-refractivity contribution in [3.63, 3.8) is 0 Å². The van der Waals surface area contributed by atoms with Crippen molar-refractivity contribution in [1.82, 2.24) is 5.32 Å². The summed E-state index contributed by atoms with van der Waals surface area (Å²) >= 11 is 0. The second kappa shape index (κ2) is 32.6. The third kappa shape index (κ3) is 28.4. The van der Waals surface area contributed by atoms with Crippen LogP contribution in [0.25, 0.3) is 0 Å². The molecule has 0 saturated carbocycles. The molecule has 38 heavy (non-hydrogen) atoms. The Bertz CT molecular complexity index is 501. The van der Waals surface area contributed by atoms with E-state index in [1.807, 2.05) is 0 Å². The molecule has 0 saturated heterocycles. The highest BCUT2D eigenvalue weighted by molar-refractivity contribution is 5.86. The molecular weight excluding hydrogens is 492 g/mol. The van der Waals surface area contributed by atoms with Gasteiger partial charge in [0.05, 0.1) is 0 Å². The zero-order valence-electron chi connectivity index (χ0n) is 25.7. The van der Waals surface area contributed by atoms with E-state index in [2.05, 4.69) is 19.2 Å². The molecule has 0 bridgehead atoms. The number of halogens is 1. The van der Waals surface area contributed by atoms with Crippen molar-refractivity contribution in [3.8, 4) is 0 Å². The molecule has 228 valence electrons. The molecule has 1 atom stereocenters. The summed E-state index contributed by atoms with van der Waals surface area (Å²) in [6.45, 7) is 5.90. The van der Waals surface area contributed by atoms with Crippen LogP contribution in [-0.4, -0.2) is 24.8 Å². The van der Waals surface area contributed by atoms with Crippen LogP contribution in [-0.2, 0) is 9.59 Å². The Morgan fingerprint density at radius 2 is 1.00 bits per heavy atom. The van der Waals surface area contributed by atoms with Crippen LogP contribution < -0.4 is 11.1 Å². The number of carbonyl (C=O) groups excluding carboxylic acids is 2. The molecule has 0 rings (SSSR count). The summed E-state index contributed by atoms with van der Waals surface area (Å²) in [5.41, 5.74) is 5.64. The van der Waals surface area contributed by atoms with E-state index in [1.54, 1.807) is 0 Å². The van der Waals surface area contributed by atoms with Gasteiger partial charge in [-0.05, 0) is 32.2 Å². The van der Waals surface area contributed by atoms with Crippen LogP contribution in [0.5, 0.6) is 0 Å². The molecule has 0 aromatic rings. The number of rotatable bonds is 30. The van der Waals surface area contributed by atoms with E-state index >= 15 is 0 Å². The van der Waals surface area contributed by atoms with E-state index in [9.17, 15) is 9.59 Å². The number of unbranched alkanes of at least 4 members (excludes halogenated alkanes) is 20. The number of nitrogens with one attached hydrogen (secondary N) is 1. The Labute approximate surface area is 244 Å². The fourth-order valence-corrected chi connectivity index (χ4v) is 5.19. The van der Waals surface area contributed by atoms with Gasteiger partial charge >= 0.3 is 0 Å². The summed E-state index contributed by atoms with van der Waals surface area (Å²) in [6, 6.07) is 0.